The maximum absolute atomic E-state index is 14.6. The van der Waals surface area contributed by atoms with Crippen molar-refractivity contribution in [1.82, 2.24) is 40.4 Å². The van der Waals surface area contributed by atoms with Gasteiger partial charge in [-0.3, -0.25) is 9.97 Å². The molecule has 31 heavy (non-hydrogen) atoms. The Balaban J connectivity index is 1.40. The molecule has 4 aromatic rings. The van der Waals surface area contributed by atoms with Gasteiger partial charge in [0, 0.05) is 29.7 Å². The first kappa shape index (κ1) is 19.2. The molecule has 13 heteroatoms. The van der Waals surface area contributed by atoms with Gasteiger partial charge in [0.1, 0.15) is 11.6 Å². The van der Waals surface area contributed by atoms with Gasteiger partial charge in [-0.25, -0.2) is 8.78 Å². The lowest BCUT2D eigenvalue weighted by atomic mass is 10.0. The van der Waals surface area contributed by atoms with E-state index in [1.54, 1.807) is 18.6 Å². The number of hydrogen-bond donors (Lipinski definition) is 0. The summed E-state index contributed by atoms with van der Waals surface area (Å²) in [5.41, 5.74) is -0.275. The SMILES string of the molecule is Fc1cc(-c2nnc(C(F)F)o2)cc(F)c1Cn1nnc(C2(c3cnccn3)CC2)n1. The van der Waals surface area contributed by atoms with Gasteiger partial charge in [-0.2, -0.15) is 13.6 Å². The van der Waals surface area contributed by atoms with Gasteiger partial charge in [0.25, 0.3) is 5.89 Å². The van der Waals surface area contributed by atoms with Crippen LogP contribution in [0.3, 0.4) is 0 Å². The summed E-state index contributed by atoms with van der Waals surface area (Å²) in [6, 6.07) is 1.84. The Morgan fingerprint density at radius 3 is 2.45 bits per heavy atom. The van der Waals surface area contributed by atoms with Gasteiger partial charge in [-0.05, 0) is 30.2 Å². The van der Waals surface area contributed by atoms with E-state index in [9.17, 15) is 17.6 Å². The predicted molar refractivity (Wildman–Crippen MR) is 93.6 cm³/mol. The quantitative estimate of drug-likeness (QED) is 0.428. The van der Waals surface area contributed by atoms with Crippen LogP contribution in [0.25, 0.3) is 11.5 Å². The molecule has 0 atom stereocenters. The summed E-state index contributed by atoms with van der Waals surface area (Å²) in [5.74, 6) is -2.84. The normalized spacial score (nSPS) is 14.9. The minimum atomic E-state index is -2.99. The van der Waals surface area contributed by atoms with Crippen LogP contribution in [0.1, 0.15) is 42.2 Å². The number of aromatic nitrogens is 8. The average Bonchev–Trinajstić information content (AvgIpc) is 3.19. The first-order valence-corrected chi connectivity index (χ1v) is 9.11. The lowest BCUT2D eigenvalue weighted by Crippen LogP contribution is -2.14. The number of hydrogen-bond acceptors (Lipinski definition) is 8. The number of tetrazole rings is 1. The van der Waals surface area contributed by atoms with E-state index in [1.807, 2.05) is 0 Å². The minimum absolute atomic E-state index is 0.162. The van der Waals surface area contributed by atoms with Crippen LogP contribution in [0.2, 0.25) is 0 Å². The first-order chi connectivity index (χ1) is 15.0. The highest BCUT2D eigenvalue weighted by atomic mass is 19.3. The lowest BCUT2D eigenvalue weighted by Gasteiger charge is -2.08. The molecule has 0 spiro atoms. The topological polar surface area (TPSA) is 108 Å². The van der Waals surface area contributed by atoms with E-state index in [0.29, 0.717) is 11.5 Å². The van der Waals surface area contributed by atoms with Crippen molar-refractivity contribution in [2.75, 3.05) is 0 Å². The number of halogens is 4. The van der Waals surface area contributed by atoms with Crippen LogP contribution in [0.15, 0.2) is 35.1 Å². The van der Waals surface area contributed by atoms with Gasteiger partial charge in [0.15, 0.2) is 5.82 Å². The number of benzene rings is 1. The molecule has 0 bridgehead atoms. The molecule has 1 aromatic carbocycles. The van der Waals surface area contributed by atoms with Gasteiger partial charge in [0.2, 0.25) is 5.89 Å². The zero-order valence-corrected chi connectivity index (χ0v) is 15.6. The summed E-state index contributed by atoms with van der Waals surface area (Å²) < 4.78 is 59.1. The van der Waals surface area contributed by atoms with Crippen molar-refractivity contribution in [2.45, 2.75) is 31.2 Å². The van der Waals surface area contributed by atoms with Gasteiger partial charge >= 0.3 is 6.43 Å². The standard InChI is InChI=1S/C18H12F4N8O/c19-11-5-9(15-25-26-16(31-15)14(21)22)6-12(20)10(11)8-30-28-17(27-29-30)18(1-2-18)13-7-23-3-4-24-13/h3-7,14H,1-2,8H2. The van der Waals surface area contributed by atoms with Crippen LogP contribution in [0.5, 0.6) is 0 Å². The number of alkyl halides is 2. The molecule has 0 aliphatic heterocycles. The van der Waals surface area contributed by atoms with E-state index in [0.717, 1.165) is 29.8 Å². The van der Waals surface area contributed by atoms with Crippen molar-refractivity contribution in [3.05, 3.63) is 65.3 Å². The van der Waals surface area contributed by atoms with E-state index in [2.05, 4.69) is 35.6 Å². The van der Waals surface area contributed by atoms with Crippen molar-refractivity contribution in [2.24, 2.45) is 0 Å². The van der Waals surface area contributed by atoms with Gasteiger partial charge in [-0.1, -0.05) is 0 Å². The monoisotopic (exact) mass is 432 g/mol. The van der Waals surface area contributed by atoms with E-state index in [-0.39, 0.29) is 17.7 Å². The first-order valence-electron chi connectivity index (χ1n) is 9.11. The second-order valence-corrected chi connectivity index (χ2v) is 6.98. The maximum Gasteiger partial charge on any atom is 0.314 e. The molecule has 1 aliphatic carbocycles. The molecule has 0 N–H and O–H groups in total. The summed E-state index contributed by atoms with van der Waals surface area (Å²) in [7, 11) is 0. The van der Waals surface area contributed by atoms with E-state index in [1.165, 1.54) is 0 Å². The molecular weight excluding hydrogens is 420 g/mol. The highest BCUT2D eigenvalue weighted by Gasteiger charge is 2.51. The van der Waals surface area contributed by atoms with Crippen molar-refractivity contribution in [1.29, 1.82) is 0 Å². The third-order valence-corrected chi connectivity index (χ3v) is 5.00. The lowest BCUT2D eigenvalue weighted by molar-refractivity contribution is 0.116. The molecule has 0 saturated heterocycles. The van der Waals surface area contributed by atoms with Crippen molar-refractivity contribution in [3.63, 3.8) is 0 Å². The molecule has 3 heterocycles. The maximum atomic E-state index is 14.6. The van der Waals surface area contributed by atoms with Crippen molar-refractivity contribution in [3.8, 4) is 11.5 Å². The van der Waals surface area contributed by atoms with Crippen LogP contribution >= 0.6 is 0 Å². The largest absolute Gasteiger partial charge is 0.415 e. The zero-order chi connectivity index (χ0) is 21.6. The van der Waals surface area contributed by atoms with E-state index >= 15 is 0 Å². The van der Waals surface area contributed by atoms with Gasteiger partial charge in [-0.15, -0.1) is 20.4 Å². The Hall–Kier alpha value is -3.77. The molecule has 9 nitrogen and oxygen atoms in total. The molecule has 0 amide bonds. The summed E-state index contributed by atoms with van der Waals surface area (Å²) >= 11 is 0. The minimum Gasteiger partial charge on any atom is -0.415 e. The molecular formula is C18H12F4N8O. The number of rotatable bonds is 6. The molecule has 158 valence electrons. The summed E-state index contributed by atoms with van der Waals surface area (Å²) in [4.78, 5) is 9.43. The van der Waals surface area contributed by atoms with Crippen LogP contribution in [0.4, 0.5) is 17.6 Å². The van der Waals surface area contributed by atoms with Crippen LogP contribution in [-0.2, 0) is 12.0 Å². The fourth-order valence-corrected chi connectivity index (χ4v) is 3.23. The Kier molecular flexibility index (Phi) is 4.45. The molecule has 1 saturated carbocycles. The Morgan fingerprint density at radius 2 is 1.84 bits per heavy atom. The highest BCUT2D eigenvalue weighted by molar-refractivity contribution is 5.54. The van der Waals surface area contributed by atoms with Crippen LogP contribution in [0, 0.1) is 11.6 Å². The van der Waals surface area contributed by atoms with Crippen LogP contribution in [-0.4, -0.2) is 40.4 Å². The predicted octanol–water partition coefficient (Wildman–Crippen LogP) is 2.86. The second-order valence-electron chi connectivity index (χ2n) is 6.98. The van der Waals surface area contributed by atoms with Gasteiger partial charge < -0.3 is 4.42 Å². The van der Waals surface area contributed by atoms with Crippen molar-refractivity contribution < 1.29 is 22.0 Å². The molecule has 0 unspecified atom stereocenters. The highest BCUT2D eigenvalue weighted by Crippen LogP contribution is 2.50. The molecule has 1 aliphatic rings. The second kappa shape index (κ2) is 7.18. The molecule has 1 fully saturated rings. The molecule has 3 aromatic heterocycles. The Labute approximate surface area is 171 Å². The van der Waals surface area contributed by atoms with Crippen molar-refractivity contribution >= 4 is 0 Å². The van der Waals surface area contributed by atoms with E-state index < -0.39 is 35.3 Å². The molecule has 5 rings (SSSR count). The fraction of sp³-hybridized carbons (Fsp3) is 0.278. The number of nitrogens with zero attached hydrogens (tertiary/aromatic N) is 8. The Bertz CT molecular complexity index is 1220. The smallest absolute Gasteiger partial charge is 0.314 e. The zero-order valence-electron chi connectivity index (χ0n) is 15.6. The van der Waals surface area contributed by atoms with Crippen LogP contribution < -0.4 is 0 Å². The molecule has 0 radical (unpaired) electrons. The van der Waals surface area contributed by atoms with Gasteiger partial charge in [0.05, 0.1) is 17.7 Å². The third-order valence-electron chi connectivity index (χ3n) is 5.00. The Morgan fingerprint density at radius 1 is 1.06 bits per heavy atom. The summed E-state index contributed by atoms with van der Waals surface area (Å²) in [6.45, 7) is -0.326. The fourth-order valence-electron chi connectivity index (χ4n) is 3.23. The van der Waals surface area contributed by atoms with E-state index in [4.69, 9.17) is 4.42 Å². The third kappa shape index (κ3) is 3.41. The average molecular weight is 432 g/mol. The summed E-state index contributed by atoms with van der Waals surface area (Å²) in [5, 5.41) is 18.7. The summed E-state index contributed by atoms with van der Waals surface area (Å²) in [6.07, 6.45) is 3.29.